The number of primary amides is 1. The Balaban J connectivity index is 1.93. The lowest BCUT2D eigenvalue weighted by Crippen LogP contribution is -2.45. The smallest absolute Gasteiger partial charge is 0.316 e. The minimum Gasteiger partial charge on any atom is -0.370 e. The second-order valence-electron chi connectivity index (χ2n) is 5.48. The van der Waals surface area contributed by atoms with Crippen molar-refractivity contribution >= 4 is 17.6 Å². The molecular formula is C18H22N4O2. The van der Waals surface area contributed by atoms with Gasteiger partial charge in [0.2, 0.25) is 5.91 Å². The highest BCUT2D eigenvalue weighted by molar-refractivity contribution is 5.78. The molecule has 2 atom stereocenters. The van der Waals surface area contributed by atoms with Crippen LogP contribution in [-0.4, -0.2) is 18.1 Å². The first-order valence-electron chi connectivity index (χ1n) is 7.76. The summed E-state index contributed by atoms with van der Waals surface area (Å²) in [4.78, 5) is 23.5. The molecule has 0 aliphatic carbocycles. The lowest BCUT2D eigenvalue weighted by molar-refractivity contribution is -0.118. The number of para-hydroxylation sites is 1. The molecule has 0 spiro atoms. The van der Waals surface area contributed by atoms with Crippen LogP contribution in [0.5, 0.6) is 0 Å². The Kier molecular flexibility index (Phi) is 6.19. The van der Waals surface area contributed by atoms with Crippen molar-refractivity contribution < 1.29 is 9.59 Å². The standard InChI is InChI=1S/C18H22N4O2/c1-13(20-15-10-6-3-7-11-15)21-18(24)22-16(12-17(19)23)14-8-4-2-5-9-14/h2-11,13,16,20H,12H2,1H3,(H2,19,23)(H2,21,22,24). The average Bonchev–Trinajstić information content (AvgIpc) is 2.55. The Morgan fingerprint density at radius 1 is 0.958 bits per heavy atom. The van der Waals surface area contributed by atoms with Crippen molar-refractivity contribution in [1.29, 1.82) is 0 Å². The van der Waals surface area contributed by atoms with Gasteiger partial charge in [-0.25, -0.2) is 4.79 Å². The van der Waals surface area contributed by atoms with Crippen LogP contribution in [0.4, 0.5) is 10.5 Å². The molecule has 0 radical (unpaired) electrons. The SMILES string of the molecule is CC(NC(=O)NC(CC(N)=O)c1ccccc1)Nc1ccccc1. The molecule has 3 amide bonds. The molecular weight excluding hydrogens is 304 g/mol. The number of hydrogen-bond donors (Lipinski definition) is 4. The van der Waals surface area contributed by atoms with E-state index in [4.69, 9.17) is 5.73 Å². The van der Waals surface area contributed by atoms with Crippen LogP contribution >= 0.6 is 0 Å². The molecule has 0 aliphatic heterocycles. The minimum absolute atomic E-state index is 0.0396. The molecule has 2 aromatic carbocycles. The van der Waals surface area contributed by atoms with Gasteiger partial charge in [-0.1, -0.05) is 48.5 Å². The van der Waals surface area contributed by atoms with E-state index in [-0.39, 0.29) is 18.6 Å². The molecule has 5 N–H and O–H groups in total. The fraction of sp³-hybridized carbons (Fsp3) is 0.222. The summed E-state index contributed by atoms with van der Waals surface area (Å²) in [7, 11) is 0. The van der Waals surface area contributed by atoms with Gasteiger partial charge in [-0.2, -0.15) is 0 Å². The maximum atomic E-state index is 12.2. The van der Waals surface area contributed by atoms with Crippen molar-refractivity contribution in [1.82, 2.24) is 10.6 Å². The Morgan fingerprint density at radius 2 is 1.54 bits per heavy atom. The predicted molar refractivity (Wildman–Crippen MR) is 94.2 cm³/mol. The number of urea groups is 1. The molecule has 0 bridgehead atoms. The molecule has 6 nitrogen and oxygen atoms in total. The van der Waals surface area contributed by atoms with Crippen LogP contribution in [0.1, 0.15) is 24.9 Å². The Hall–Kier alpha value is -3.02. The summed E-state index contributed by atoms with van der Waals surface area (Å²) in [6, 6.07) is 18.0. The Morgan fingerprint density at radius 3 is 2.12 bits per heavy atom. The van der Waals surface area contributed by atoms with Gasteiger partial charge in [0.25, 0.3) is 0 Å². The number of nitrogens with two attached hydrogens (primary N) is 1. The third-order valence-electron chi connectivity index (χ3n) is 3.42. The van der Waals surface area contributed by atoms with Crippen LogP contribution in [0, 0.1) is 0 Å². The molecule has 0 fully saturated rings. The monoisotopic (exact) mass is 326 g/mol. The van der Waals surface area contributed by atoms with Crippen molar-refractivity contribution in [3.63, 3.8) is 0 Å². The second kappa shape index (κ2) is 8.57. The van der Waals surface area contributed by atoms with Gasteiger partial charge in [0.05, 0.1) is 18.6 Å². The van der Waals surface area contributed by atoms with Crippen molar-refractivity contribution in [3.05, 3.63) is 66.2 Å². The van der Waals surface area contributed by atoms with Crippen molar-refractivity contribution in [3.8, 4) is 0 Å². The first-order chi connectivity index (χ1) is 11.5. The number of carbonyl (C=O) groups is 2. The van der Waals surface area contributed by atoms with Gasteiger partial charge in [0, 0.05) is 5.69 Å². The molecule has 0 heterocycles. The molecule has 0 saturated heterocycles. The zero-order valence-electron chi connectivity index (χ0n) is 13.5. The highest BCUT2D eigenvalue weighted by Crippen LogP contribution is 2.16. The molecule has 126 valence electrons. The van der Waals surface area contributed by atoms with E-state index in [1.54, 1.807) is 0 Å². The summed E-state index contributed by atoms with van der Waals surface area (Å²) in [5.74, 6) is -0.473. The fourth-order valence-corrected chi connectivity index (χ4v) is 2.36. The van der Waals surface area contributed by atoms with Crippen LogP contribution in [0.15, 0.2) is 60.7 Å². The van der Waals surface area contributed by atoms with Crippen molar-refractivity contribution in [2.45, 2.75) is 25.6 Å². The van der Waals surface area contributed by atoms with E-state index in [2.05, 4.69) is 16.0 Å². The zero-order chi connectivity index (χ0) is 17.4. The minimum atomic E-state index is -0.473. The van der Waals surface area contributed by atoms with Gasteiger partial charge in [0.1, 0.15) is 0 Å². The number of benzene rings is 2. The number of carbonyl (C=O) groups excluding carboxylic acids is 2. The van der Waals surface area contributed by atoms with Gasteiger partial charge in [-0.15, -0.1) is 0 Å². The van der Waals surface area contributed by atoms with Gasteiger partial charge < -0.3 is 21.7 Å². The summed E-state index contributed by atoms with van der Waals surface area (Å²) in [5.41, 5.74) is 7.02. The molecule has 24 heavy (non-hydrogen) atoms. The van der Waals surface area contributed by atoms with Gasteiger partial charge in [-0.05, 0) is 24.6 Å². The third kappa shape index (κ3) is 5.64. The second-order valence-corrected chi connectivity index (χ2v) is 5.48. The Labute approximate surface area is 141 Å². The van der Waals surface area contributed by atoms with Crippen LogP contribution in [0.2, 0.25) is 0 Å². The summed E-state index contributed by atoms with van der Waals surface area (Å²) < 4.78 is 0. The summed E-state index contributed by atoms with van der Waals surface area (Å²) >= 11 is 0. The van der Waals surface area contributed by atoms with Crippen molar-refractivity contribution in [2.75, 3.05) is 5.32 Å². The van der Waals surface area contributed by atoms with E-state index in [9.17, 15) is 9.59 Å². The largest absolute Gasteiger partial charge is 0.370 e. The molecule has 2 rings (SSSR count). The summed E-state index contributed by atoms with van der Waals surface area (Å²) in [5, 5.41) is 8.74. The molecule has 6 heteroatoms. The van der Waals surface area contributed by atoms with E-state index in [0.29, 0.717) is 0 Å². The normalized spacial score (nSPS) is 12.7. The number of hydrogen-bond acceptors (Lipinski definition) is 3. The van der Waals surface area contributed by atoms with Crippen LogP contribution < -0.4 is 21.7 Å². The molecule has 0 aliphatic rings. The fourth-order valence-electron chi connectivity index (χ4n) is 2.36. The first-order valence-corrected chi connectivity index (χ1v) is 7.76. The van der Waals surface area contributed by atoms with E-state index in [1.807, 2.05) is 67.6 Å². The van der Waals surface area contributed by atoms with E-state index >= 15 is 0 Å². The molecule has 0 aromatic heterocycles. The van der Waals surface area contributed by atoms with E-state index in [0.717, 1.165) is 11.3 Å². The number of rotatable bonds is 7. The van der Waals surface area contributed by atoms with Gasteiger partial charge in [0.15, 0.2) is 0 Å². The summed E-state index contributed by atoms with van der Waals surface area (Å²) in [6.07, 6.45) is -0.241. The number of amides is 3. The third-order valence-corrected chi connectivity index (χ3v) is 3.42. The molecule has 2 aromatic rings. The summed E-state index contributed by atoms with van der Waals surface area (Å²) in [6.45, 7) is 1.83. The van der Waals surface area contributed by atoms with Crippen LogP contribution in [0.25, 0.3) is 0 Å². The highest BCUT2D eigenvalue weighted by atomic mass is 16.2. The number of nitrogens with one attached hydrogen (secondary N) is 3. The zero-order valence-corrected chi connectivity index (χ0v) is 13.5. The lowest BCUT2D eigenvalue weighted by Gasteiger charge is -2.21. The van der Waals surface area contributed by atoms with Crippen molar-refractivity contribution in [2.24, 2.45) is 5.73 Å². The molecule has 2 unspecified atom stereocenters. The highest BCUT2D eigenvalue weighted by Gasteiger charge is 2.17. The maximum absolute atomic E-state index is 12.2. The van der Waals surface area contributed by atoms with Gasteiger partial charge >= 0.3 is 6.03 Å². The Bertz CT molecular complexity index is 661. The van der Waals surface area contributed by atoms with E-state index < -0.39 is 11.9 Å². The number of anilines is 1. The lowest BCUT2D eigenvalue weighted by atomic mass is 10.0. The van der Waals surface area contributed by atoms with Crippen LogP contribution in [-0.2, 0) is 4.79 Å². The topological polar surface area (TPSA) is 96.2 Å². The molecule has 0 saturated carbocycles. The first kappa shape index (κ1) is 17.3. The quantitative estimate of drug-likeness (QED) is 0.588. The maximum Gasteiger partial charge on any atom is 0.316 e. The van der Waals surface area contributed by atoms with Crippen LogP contribution in [0.3, 0.4) is 0 Å². The van der Waals surface area contributed by atoms with E-state index in [1.165, 1.54) is 0 Å². The predicted octanol–water partition coefficient (Wildman–Crippen LogP) is 2.36. The van der Waals surface area contributed by atoms with Gasteiger partial charge in [-0.3, -0.25) is 4.79 Å². The average molecular weight is 326 g/mol.